The van der Waals surface area contributed by atoms with Crippen LogP contribution in [0.15, 0.2) is 97.1 Å². The number of phenolic OH excluding ortho intramolecular Hbond substituents is 1. The number of rotatable bonds is 17. The summed E-state index contributed by atoms with van der Waals surface area (Å²) in [6, 6.07) is 30.8. The van der Waals surface area contributed by atoms with Crippen molar-refractivity contribution in [3.05, 3.63) is 125 Å². The zero-order chi connectivity index (χ0) is 37.7. The van der Waals surface area contributed by atoms with Gasteiger partial charge in [0.25, 0.3) is 0 Å². The molecule has 0 radical (unpaired) electrons. The van der Waals surface area contributed by atoms with Crippen LogP contribution in [0.1, 0.15) is 85.8 Å². The van der Waals surface area contributed by atoms with E-state index in [-0.39, 0.29) is 42.3 Å². The number of nitrogens with zero attached hydrogens (tertiary/aromatic N) is 1. The molecule has 5 unspecified atom stereocenters. The number of amides is 2. The van der Waals surface area contributed by atoms with Gasteiger partial charge in [-0.2, -0.15) is 0 Å². The number of carbonyl (C=O) groups is 2. The van der Waals surface area contributed by atoms with Gasteiger partial charge in [-0.05, 0) is 71.5 Å². The fraction of sp³-hybridized carbons (Fsp3) is 0.395. The van der Waals surface area contributed by atoms with Crippen LogP contribution in [-0.4, -0.2) is 64.8 Å². The summed E-state index contributed by atoms with van der Waals surface area (Å²) in [6.45, 7) is 5.57. The van der Waals surface area contributed by atoms with E-state index in [1.165, 1.54) is 6.92 Å². The van der Waals surface area contributed by atoms with Crippen molar-refractivity contribution < 1.29 is 34.4 Å². The van der Waals surface area contributed by atoms with Crippen LogP contribution >= 0.6 is 0 Å². The summed E-state index contributed by atoms with van der Waals surface area (Å²) in [5.74, 6) is 0.0735. The third-order valence-corrected chi connectivity index (χ3v) is 9.74. The molecule has 0 bridgehead atoms. The third-order valence-electron chi connectivity index (χ3n) is 9.74. The van der Waals surface area contributed by atoms with Gasteiger partial charge in [-0.25, -0.2) is 0 Å². The molecule has 1 fully saturated rings. The lowest BCUT2D eigenvalue weighted by Crippen LogP contribution is -2.44. The van der Waals surface area contributed by atoms with Crippen molar-refractivity contribution in [3.63, 3.8) is 0 Å². The fourth-order valence-electron chi connectivity index (χ4n) is 6.68. The Labute approximate surface area is 312 Å². The first kappa shape index (κ1) is 39.6. The first-order valence-corrected chi connectivity index (χ1v) is 18.5. The normalized spacial score (nSPS) is 19.1. The molecule has 1 aliphatic heterocycles. The van der Waals surface area contributed by atoms with Crippen molar-refractivity contribution in [2.75, 3.05) is 26.7 Å². The van der Waals surface area contributed by atoms with Gasteiger partial charge in [0.1, 0.15) is 5.75 Å². The standard InChI is InChI=1S/C43H53N3O7/c1-29-40(27-46(3)26-39(50)37-11-8-12-38(49)24-37)52-43(53-42(29)34-16-14-31(28-47)15-17-34)35-20-18-33(19-21-35)36-10-7-9-32(23-36)25-45-41(51)13-5-4-6-22-44-30(2)48/h7-12,14-21,23-24,29,39-40,42-43,47,49-50H,4-6,13,22,25-28H2,1-3H3,(H,44,48)(H,45,51). The lowest BCUT2D eigenvalue weighted by Gasteiger charge is -2.42. The second-order valence-electron chi connectivity index (χ2n) is 14.0. The van der Waals surface area contributed by atoms with Gasteiger partial charge in [-0.1, -0.05) is 92.2 Å². The van der Waals surface area contributed by atoms with E-state index < -0.39 is 12.4 Å². The summed E-state index contributed by atoms with van der Waals surface area (Å²) in [4.78, 5) is 25.4. The molecule has 1 heterocycles. The first-order valence-electron chi connectivity index (χ1n) is 18.5. The Kier molecular flexibility index (Phi) is 14.6. The summed E-state index contributed by atoms with van der Waals surface area (Å²) in [5.41, 5.74) is 6.43. The monoisotopic (exact) mass is 723 g/mol. The topological polar surface area (TPSA) is 141 Å². The summed E-state index contributed by atoms with van der Waals surface area (Å²) < 4.78 is 13.3. The Hall–Kier alpha value is -4.58. The minimum atomic E-state index is -0.778. The maximum absolute atomic E-state index is 12.4. The van der Waals surface area contributed by atoms with Crippen LogP contribution in [0.3, 0.4) is 0 Å². The number of benzene rings is 4. The molecule has 0 spiro atoms. The SMILES string of the molecule is CC(=O)NCCCCCC(=O)NCc1cccc(-c2ccc(C3OC(CN(C)CC(O)c4cccc(O)c4)C(C)C(c4ccc(CO)cc4)O3)cc2)c1. The van der Waals surface area contributed by atoms with Crippen LogP contribution in [0.2, 0.25) is 0 Å². The summed E-state index contributed by atoms with van der Waals surface area (Å²) in [6.07, 6.45) is 1.07. The molecule has 282 valence electrons. The number of aliphatic hydroxyl groups is 2. The van der Waals surface area contributed by atoms with Crippen molar-refractivity contribution in [2.45, 2.75) is 77.3 Å². The summed E-state index contributed by atoms with van der Waals surface area (Å²) in [7, 11) is 1.95. The maximum Gasteiger partial charge on any atom is 0.220 e. The van der Waals surface area contributed by atoms with Crippen LogP contribution in [0.4, 0.5) is 0 Å². The molecule has 0 aromatic heterocycles. The molecular formula is C43H53N3O7. The highest BCUT2D eigenvalue weighted by atomic mass is 16.7. The smallest absolute Gasteiger partial charge is 0.220 e. The van der Waals surface area contributed by atoms with E-state index in [0.717, 1.165) is 52.6 Å². The van der Waals surface area contributed by atoms with E-state index in [4.69, 9.17) is 9.47 Å². The Balaban J connectivity index is 1.23. The quantitative estimate of drug-likeness (QED) is 0.0798. The molecule has 4 aromatic carbocycles. The highest BCUT2D eigenvalue weighted by Gasteiger charge is 2.39. The zero-order valence-electron chi connectivity index (χ0n) is 30.9. The number of unbranched alkanes of at least 4 members (excludes halogenated alkanes) is 2. The number of carbonyl (C=O) groups excluding carboxylic acids is 2. The Bertz CT molecular complexity index is 1760. The number of aliphatic hydroxyl groups excluding tert-OH is 2. The van der Waals surface area contributed by atoms with E-state index in [0.29, 0.717) is 38.2 Å². The van der Waals surface area contributed by atoms with Gasteiger partial charge in [0.2, 0.25) is 11.8 Å². The van der Waals surface area contributed by atoms with Gasteiger partial charge >= 0.3 is 0 Å². The first-order chi connectivity index (χ1) is 25.6. The maximum atomic E-state index is 12.4. The number of likely N-dealkylation sites (N-methyl/N-ethyl adjacent to an activating group) is 1. The predicted molar refractivity (Wildman–Crippen MR) is 204 cm³/mol. The number of hydrogen-bond donors (Lipinski definition) is 5. The van der Waals surface area contributed by atoms with Crippen molar-refractivity contribution in [1.82, 2.24) is 15.5 Å². The number of phenols is 1. The molecule has 10 nitrogen and oxygen atoms in total. The van der Waals surface area contributed by atoms with Gasteiger partial charge < -0.3 is 40.3 Å². The molecule has 4 aromatic rings. The molecule has 5 atom stereocenters. The number of aromatic hydroxyl groups is 1. The largest absolute Gasteiger partial charge is 0.508 e. The van der Waals surface area contributed by atoms with Crippen LogP contribution in [0, 0.1) is 5.92 Å². The van der Waals surface area contributed by atoms with Crippen LogP contribution < -0.4 is 10.6 Å². The van der Waals surface area contributed by atoms with E-state index in [2.05, 4.69) is 35.8 Å². The van der Waals surface area contributed by atoms with E-state index in [1.54, 1.807) is 24.3 Å². The van der Waals surface area contributed by atoms with E-state index >= 15 is 0 Å². The molecule has 5 rings (SSSR count). The van der Waals surface area contributed by atoms with Crippen molar-refractivity contribution in [3.8, 4) is 16.9 Å². The van der Waals surface area contributed by atoms with Crippen molar-refractivity contribution in [1.29, 1.82) is 0 Å². The Morgan fingerprint density at radius 3 is 2.28 bits per heavy atom. The molecule has 53 heavy (non-hydrogen) atoms. The molecule has 10 heteroatoms. The highest BCUT2D eigenvalue weighted by Crippen LogP contribution is 2.42. The van der Waals surface area contributed by atoms with E-state index in [9.17, 15) is 24.9 Å². The van der Waals surface area contributed by atoms with Gasteiger partial charge in [-0.15, -0.1) is 0 Å². The second-order valence-corrected chi connectivity index (χ2v) is 14.0. The lowest BCUT2D eigenvalue weighted by atomic mass is 9.90. The molecule has 0 saturated carbocycles. The Morgan fingerprint density at radius 2 is 1.57 bits per heavy atom. The van der Waals surface area contributed by atoms with Gasteiger partial charge in [0, 0.05) is 51.0 Å². The third kappa shape index (κ3) is 11.7. The predicted octanol–water partition coefficient (Wildman–Crippen LogP) is 6.32. The molecule has 5 N–H and O–H groups in total. The average molecular weight is 724 g/mol. The van der Waals surface area contributed by atoms with Crippen LogP contribution in [0.25, 0.3) is 11.1 Å². The fourth-order valence-corrected chi connectivity index (χ4v) is 6.68. The molecule has 2 amide bonds. The minimum Gasteiger partial charge on any atom is -0.508 e. The number of nitrogens with one attached hydrogen (secondary N) is 2. The number of hydrogen-bond acceptors (Lipinski definition) is 8. The molecule has 0 aliphatic carbocycles. The lowest BCUT2D eigenvalue weighted by molar-refractivity contribution is -0.276. The van der Waals surface area contributed by atoms with Gasteiger partial charge in [0.05, 0.1) is 24.9 Å². The van der Waals surface area contributed by atoms with Crippen molar-refractivity contribution >= 4 is 11.8 Å². The average Bonchev–Trinajstić information content (AvgIpc) is 3.16. The second kappa shape index (κ2) is 19.5. The van der Waals surface area contributed by atoms with Crippen LogP contribution in [0.5, 0.6) is 5.75 Å². The van der Waals surface area contributed by atoms with Gasteiger partial charge in [0.15, 0.2) is 6.29 Å². The minimum absolute atomic E-state index is 0.0147. The van der Waals surface area contributed by atoms with Gasteiger partial charge in [-0.3, -0.25) is 9.59 Å². The number of ether oxygens (including phenoxy) is 2. The molecular weight excluding hydrogens is 670 g/mol. The molecule has 1 aliphatic rings. The summed E-state index contributed by atoms with van der Waals surface area (Å²) in [5, 5.41) is 36.2. The Morgan fingerprint density at radius 1 is 0.830 bits per heavy atom. The highest BCUT2D eigenvalue weighted by molar-refractivity contribution is 5.76. The molecule has 1 saturated heterocycles. The van der Waals surface area contributed by atoms with E-state index in [1.807, 2.05) is 66.5 Å². The van der Waals surface area contributed by atoms with Crippen molar-refractivity contribution in [2.24, 2.45) is 5.92 Å². The summed E-state index contributed by atoms with van der Waals surface area (Å²) >= 11 is 0. The zero-order valence-corrected chi connectivity index (χ0v) is 30.9. The van der Waals surface area contributed by atoms with Crippen LogP contribution in [-0.2, 0) is 32.2 Å².